The van der Waals surface area contributed by atoms with E-state index >= 15 is 0 Å². The van der Waals surface area contributed by atoms with Crippen molar-refractivity contribution in [3.8, 4) is 0 Å². The molecule has 0 aromatic heterocycles. The van der Waals surface area contributed by atoms with E-state index in [1.54, 1.807) is 0 Å². The molecule has 0 heterocycles. The van der Waals surface area contributed by atoms with Gasteiger partial charge in [0.1, 0.15) is 0 Å². The number of benzene rings is 1. The number of hydrogen-bond donors (Lipinski definition) is 1. The van der Waals surface area contributed by atoms with Gasteiger partial charge in [-0.3, -0.25) is 4.79 Å². The van der Waals surface area contributed by atoms with Crippen molar-refractivity contribution in [1.29, 1.82) is 0 Å². The van der Waals surface area contributed by atoms with Gasteiger partial charge in [-0.15, -0.1) is 0 Å². The van der Waals surface area contributed by atoms with E-state index in [4.69, 9.17) is 5.73 Å². The van der Waals surface area contributed by atoms with Crippen molar-refractivity contribution < 1.29 is 4.79 Å². The molecule has 2 N–H and O–H groups in total. The van der Waals surface area contributed by atoms with Crippen molar-refractivity contribution in [3.05, 3.63) is 35.9 Å². The van der Waals surface area contributed by atoms with Gasteiger partial charge < -0.3 is 10.6 Å². The van der Waals surface area contributed by atoms with Gasteiger partial charge in [0.2, 0.25) is 5.91 Å². The summed E-state index contributed by atoms with van der Waals surface area (Å²) in [6.45, 7) is 5.56. The Morgan fingerprint density at radius 3 is 2.45 bits per heavy atom. The maximum absolute atomic E-state index is 12.3. The molecule has 1 rings (SSSR count). The Balaban J connectivity index is 2.81. The number of nitrogens with two attached hydrogens (primary N) is 1. The molecule has 0 bridgehead atoms. The van der Waals surface area contributed by atoms with Gasteiger partial charge in [0.15, 0.2) is 0 Å². The molecule has 0 fully saturated rings. The van der Waals surface area contributed by atoms with Crippen molar-refractivity contribution in [2.45, 2.75) is 52.0 Å². The molecule has 0 saturated heterocycles. The zero-order valence-electron chi connectivity index (χ0n) is 12.8. The van der Waals surface area contributed by atoms with E-state index in [0.717, 1.165) is 32.2 Å². The molecule has 112 valence electrons. The number of carbonyl (C=O) groups excluding carboxylic acids is 1. The summed E-state index contributed by atoms with van der Waals surface area (Å²) in [5, 5.41) is 0. The van der Waals surface area contributed by atoms with Gasteiger partial charge in [-0.2, -0.15) is 0 Å². The third-order valence-electron chi connectivity index (χ3n) is 3.52. The zero-order chi connectivity index (χ0) is 14.8. The summed E-state index contributed by atoms with van der Waals surface area (Å²) < 4.78 is 0. The largest absolute Gasteiger partial charge is 0.339 e. The highest BCUT2D eigenvalue weighted by molar-refractivity contribution is 5.76. The first-order chi connectivity index (χ1) is 9.72. The Kier molecular flexibility index (Phi) is 7.97. The molecule has 3 nitrogen and oxygen atoms in total. The van der Waals surface area contributed by atoms with Crippen molar-refractivity contribution in [1.82, 2.24) is 4.90 Å². The van der Waals surface area contributed by atoms with E-state index in [9.17, 15) is 4.79 Å². The number of hydrogen-bond acceptors (Lipinski definition) is 2. The Labute approximate surface area is 123 Å². The van der Waals surface area contributed by atoms with Gasteiger partial charge in [-0.1, -0.05) is 50.6 Å². The van der Waals surface area contributed by atoms with Crippen LogP contribution in [0, 0.1) is 0 Å². The van der Waals surface area contributed by atoms with Crippen LogP contribution in [0.15, 0.2) is 30.3 Å². The van der Waals surface area contributed by atoms with Gasteiger partial charge in [0, 0.05) is 25.6 Å². The van der Waals surface area contributed by atoms with E-state index in [0.29, 0.717) is 19.0 Å². The third-order valence-corrected chi connectivity index (χ3v) is 3.52. The maximum atomic E-state index is 12.3. The van der Waals surface area contributed by atoms with Crippen LogP contribution in [-0.2, 0) is 11.2 Å². The predicted molar refractivity (Wildman–Crippen MR) is 84.5 cm³/mol. The monoisotopic (exact) mass is 276 g/mol. The molecule has 1 aromatic rings. The Morgan fingerprint density at radius 1 is 1.20 bits per heavy atom. The van der Waals surface area contributed by atoms with Crippen LogP contribution in [0.2, 0.25) is 0 Å². The molecular weight excluding hydrogens is 248 g/mol. The first-order valence-electron chi connectivity index (χ1n) is 7.76. The quantitative estimate of drug-likeness (QED) is 0.753. The first-order valence-corrected chi connectivity index (χ1v) is 7.76. The van der Waals surface area contributed by atoms with E-state index in [1.807, 2.05) is 11.0 Å². The van der Waals surface area contributed by atoms with Gasteiger partial charge in [0.05, 0.1) is 0 Å². The number of amides is 1. The highest BCUT2D eigenvalue weighted by Crippen LogP contribution is 2.15. The molecule has 0 saturated carbocycles. The fraction of sp³-hybridized carbons (Fsp3) is 0.588. The van der Waals surface area contributed by atoms with Crippen molar-refractivity contribution in [3.63, 3.8) is 0 Å². The molecule has 20 heavy (non-hydrogen) atoms. The number of carbonyl (C=O) groups is 1. The molecule has 1 unspecified atom stereocenters. The van der Waals surface area contributed by atoms with E-state index < -0.39 is 0 Å². The second kappa shape index (κ2) is 9.54. The minimum Gasteiger partial charge on any atom is -0.339 e. The van der Waals surface area contributed by atoms with Gasteiger partial charge in [-0.25, -0.2) is 0 Å². The van der Waals surface area contributed by atoms with Gasteiger partial charge >= 0.3 is 0 Å². The second-order valence-electron chi connectivity index (χ2n) is 5.26. The molecule has 1 aromatic carbocycles. The van der Waals surface area contributed by atoms with Crippen LogP contribution >= 0.6 is 0 Å². The van der Waals surface area contributed by atoms with E-state index in [-0.39, 0.29) is 5.91 Å². The second-order valence-corrected chi connectivity index (χ2v) is 5.26. The minimum absolute atomic E-state index is 0.198. The van der Waals surface area contributed by atoms with Crippen LogP contribution in [0.4, 0.5) is 0 Å². The topological polar surface area (TPSA) is 46.3 Å². The first kappa shape index (κ1) is 16.7. The van der Waals surface area contributed by atoms with Crippen LogP contribution in [0.5, 0.6) is 0 Å². The van der Waals surface area contributed by atoms with Crippen molar-refractivity contribution >= 4 is 5.91 Å². The number of nitrogens with zero attached hydrogens (tertiary/aromatic N) is 1. The molecule has 3 heteroatoms. The normalized spacial score (nSPS) is 12.2. The summed E-state index contributed by atoms with van der Waals surface area (Å²) in [5.74, 6) is 0.198. The van der Waals surface area contributed by atoms with Gasteiger partial charge in [-0.05, 0) is 24.8 Å². The lowest BCUT2D eigenvalue weighted by Gasteiger charge is -2.32. The molecule has 1 amide bonds. The average molecular weight is 276 g/mol. The van der Waals surface area contributed by atoms with Crippen LogP contribution in [0.1, 0.15) is 45.1 Å². The molecule has 0 spiro atoms. The Morgan fingerprint density at radius 2 is 1.90 bits per heavy atom. The van der Waals surface area contributed by atoms with Gasteiger partial charge in [0.25, 0.3) is 0 Å². The van der Waals surface area contributed by atoms with Crippen molar-refractivity contribution in [2.75, 3.05) is 13.1 Å². The molecule has 0 aliphatic rings. The highest BCUT2D eigenvalue weighted by Gasteiger charge is 2.21. The molecule has 1 atom stereocenters. The fourth-order valence-electron chi connectivity index (χ4n) is 2.61. The van der Waals surface area contributed by atoms with Crippen molar-refractivity contribution in [2.24, 2.45) is 5.73 Å². The fourth-order valence-corrected chi connectivity index (χ4v) is 2.61. The Hall–Kier alpha value is -1.35. The van der Waals surface area contributed by atoms with Crippen LogP contribution in [-0.4, -0.2) is 29.9 Å². The summed E-state index contributed by atoms with van der Waals surface area (Å²) in [6, 6.07) is 10.7. The highest BCUT2D eigenvalue weighted by atomic mass is 16.2. The molecule has 0 radical (unpaired) electrons. The van der Waals surface area contributed by atoms with Crippen LogP contribution < -0.4 is 5.73 Å². The van der Waals surface area contributed by atoms with Crippen LogP contribution in [0.3, 0.4) is 0 Å². The van der Waals surface area contributed by atoms with Crippen LogP contribution in [0.25, 0.3) is 0 Å². The summed E-state index contributed by atoms with van der Waals surface area (Å²) in [6.07, 6.45) is 4.52. The minimum atomic E-state index is 0.198. The summed E-state index contributed by atoms with van der Waals surface area (Å²) in [7, 11) is 0. The molecular formula is C17H28N2O. The zero-order valence-corrected chi connectivity index (χ0v) is 12.8. The third kappa shape index (κ3) is 5.33. The maximum Gasteiger partial charge on any atom is 0.224 e. The summed E-state index contributed by atoms with van der Waals surface area (Å²) in [4.78, 5) is 14.3. The lowest BCUT2D eigenvalue weighted by molar-refractivity contribution is -0.133. The standard InChI is InChI=1S/C17H28N2O/c1-3-8-16(14-15-9-6-5-7-10-15)19(13-4-2)17(20)11-12-18/h5-7,9-10,16H,3-4,8,11-14,18H2,1-2H3. The summed E-state index contributed by atoms with van der Waals surface area (Å²) in [5.41, 5.74) is 6.84. The molecule has 0 aliphatic carbocycles. The molecule has 0 aliphatic heterocycles. The smallest absolute Gasteiger partial charge is 0.224 e. The predicted octanol–water partition coefficient (Wildman–Crippen LogP) is 2.99. The van der Waals surface area contributed by atoms with E-state index in [1.165, 1.54) is 5.56 Å². The average Bonchev–Trinajstić information content (AvgIpc) is 2.46. The number of rotatable bonds is 9. The summed E-state index contributed by atoms with van der Waals surface area (Å²) >= 11 is 0. The Bertz CT molecular complexity index is 378. The SMILES string of the molecule is CCCC(Cc1ccccc1)N(CCC)C(=O)CCN. The lowest BCUT2D eigenvalue weighted by atomic mass is 10.00. The lowest BCUT2D eigenvalue weighted by Crippen LogP contribution is -2.42. The van der Waals surface area contributed by atoms with E-state index in [2.05, 4.69) is 38.1 Å².